The number of aliphatic carboxylic acids is 1. The number of carbonyl (C=O) groups is 2. The highest BCUT2D eigenvalue weighted by atomic mass is 16.5. The predicted molar refractivity (Wildman–Crippen MR) is 78.3 cm³/mol. The molecular weight excluding hydrogens is 270 g/mol. The minimum absolute atomic E-state index is 0.127. The van der Waals surface area contributed by atoms with Crippen LogP contribution < -0.4 is 10.1 Å². The van der Waals surface area contributed by atoms with Crippen molar-refractivity contribution in [3.63, 3.8) is 0 Å². The van der Waals surface area contributed by atoms with E-state index in [1.54, 1.807) is 7.11 Å². The van der Waals surface area contributed by atoms with Crippen LogP contribution in [-0.4, -0.2) is 30.1 Å². The van der Waals surface area contributed by atoms with Crippen LogP contribution in [0.1, 0.15) is 37.7 Å². The van der Waals surface area contributed by atoms with E-state index in [9.17, 15) is 9.59 Å². The fourth-order valence-electron chi connectivity index (χ4n) is 2.78. The molecule has 0 spiro atoms. The van der Waals surface area contributed by atoms with Gasteiger partial charge < -0.3 is 15.2 Å². The van der Waals surface area contributed by atoms with Crippen LogP contribution in [0.3, 0.4) is 0 Å². The molecule has 1 aromatic rings. The van der Waals surface area contributed by atoms with Gasteiger partial charge in [-0.1, -0.05) is 18.6 Å². The minimum atomic E-state index is -0.824. The van der Waals surface area contributed by atoms with Crippen molar-refractivity contribution in [1.82, 2.24) is 5.32 Å². The number of ether oxygens (including phenoxy) is 1. The van der Waals surface area contributed by atoms with Gasteiger partial charge >= 0.3 is 5.97 Å². The monoisotopic (exact) mass is 291 g/mol. The molecule has 21 heavy (non-hydrogen) atoms. The first-order chi connectivity index (χ1) is 10.0. The van der Waals surface area contributed by atoms with Crippen molar-refractivity contribution in [2.75, 3.05) is 7.11 Å². The molecule has 1 aromatic carbocycles. The predicted octanol–water partition coefficient (Wildman–Crippen LogP) is 2.17. The smallest absolute Gasteiger partial charge is 0.308 e. The van der Waals surface area contributed by atoms with Crippen LogP contribution in [0.4, 0.5) is 0 Å². The molecule has 2 rings (SSSR count). The molecule has 0 bridgehead atoms. The number of methoxy groups -OCH3 is 1. The molecule has 5 nitrogen and oxygen atoms in total. The first-order valence-corrected chi connectivity index (χ1v) is 7.20. The maximum Gasteiger partial charge on any atom is 0.308 e. The number of hydrogen-bond donors (Lipinski definition) is 2. The molecule has 1 amide bonds. The molecule has 1 unspecified atom stereocenters. The quantitative estimate of drug-likeness (QED) is 0.871. The SMILES string of the molecule is COc1ccc(C(C)C(=O)N[C@@H]2CCC[C@@H]2C(=O)O)cc1. The summed E-state index contributed by atoms with van der Waals surface area (Å²) in [4.78, 5) is 23.4. The van der Waals surface area contributed by atoms with Gasteiger partial charge in [-0.25, -0.2) is 0 Å². The normalized spacial score (nSPS) is 22.6. The van der Waals surface area contributed by atoms with Crippen LogP contribution in [0.2, 0.25) is 0 Å². The number of nitrogens with one attached hydrogen (secondary N) is 1. The molecule has 5 heteroatoms. The molecule has 2 N–H and O–H groups in total. The maximum atomic E-state index is 12.3. The topological polar surface area (TPSA) is 75.6 Å². The van der Waals surface area contributed by atoms with E-state index < -0.39 is 11.9 Å². The molecule has 0 heterocycles. The van der Waals surface area contributed by atoms with Crippen LogP contribution in [0.15, 0.2) is 24.3 Å². The molecule has 0 saturated heterocycles. The first-order valence-electron chi connectivity index (χ1n) is 7.20. The van der Waals surface area contributed by atoms with Crippen molar-refractivity contribution >= 4 is 11.9 Å². The summed E-state index contributed by atoms with van der Waals surface area (Å²) in [5.41, 5.74) is 0.887. The number of carboxylic acid groups (broad SMARTS) is 1. The number of hydrogen-bond acceptors (Lipinski definition) is 3. The Balaban J connectivity index is 2.00. The van der Waals surface area contributed by atoms with Gasteiger partial charge in [-0.05, 0) is 37.5 Å². The van der Waals surface area contributed by atoms with Crippen molar-refractivity contribution in [1.29, 1.82) is 0 Å². The Kier molecular flexibility index (Phi) is 4.83. The third-order valence-electron chi connectivity index (χ3n) is 4.17. The molecule has 114 valence electrons. The summed E-state index contributed by atoms with van der Waals surface area (Å²) in [7, 11) is 1.59. The zero-order valence-electron chi connectivity index (χ0n) is 12.3. The minimum Gasteiger partial charge on any atom is -0.497 e. The van der Waals surface area contributed by atoms with Crippen LogP contribution in [0.5, 0.6) is 5.75 Å². The third kappa shape index (κ3) is 3.54. The highest BCUT2D eigenvalue weighted by molar-refractivity contribution is 5.84. The number of carbonyl (C=O) groups excluding carboxylic acids is 1. The molecule has 0 aliphatic heterocycles. The highest BCUT2D eigenvalue weighted by Gasteiger charge is 2.34. The van der Waals surface area contributed by atoms with Gasteiger partial charge in [-0.3, -0.25) is 9.59 Å². The number of amides is 1. The van der Waals surface area contributed by atoms with Gasteiger partial charge in [0.25, 0.3) is 0 Å². The van der Waals surface area contributed by atoms with Gasteiger partial charge in [0.2, 0.25) is 5.91 Å². The average Bonchev–Trinajstić information content (AvgIpc) is 2.95. The number of benzene rings is 1. The Morgan fingerprint density at radius 3 is 2.52 bits per heavy atom. The molecular formula is C16H21NO4. The third-order valence-corrected chi connectivity index (χ3v) is 4.17. The number of carboxylic acids is 1. The lowest BCUT2D eigenvalue weighted by Gasteiger charge is -2.20. The summed E-state index contributed by atoms with van der Waals surface area (Å²) in [5.74, 6) is -0.982. The lowest BCUT2D eigenvalue weighted by molar-refractivity contribution is -0.142. The Bertz CT molecular complexity index is 512. The van der Waals surface area contributed by atoms with Gasteiger partial charge in [0.1, 0.15) is 5.75 Å². The summed E-state index contributed by atoms with van der Waals surface area (Å²) in [6.07, 6.45) is 2.22. The summed E-state index contributed by atoms with van der Waals surface area (Å²) in [5, 5.41) is 12.0. The van der Waals surface area contributed by atoms with E-state index in [4.69, 9.17) is 9.84 Å². The van der Waals surface area contributed by atoms with Crippen LogP contribution >= 0.6 is 0 Å². The van der Waals surface area contributed by atoms with Crippen molar-refractivity contribution in [3.8, 4) is 5.75 Å². The first kappa shape index (κ1) is 15.4. The molecule has 1 saturated carbocycles. The van der Waals surface area contributed by atoms with E-state index >= 15 is 0 Å². The molecule has 1 aliphatic carbocycles. The van der Waals surface area contributed by atoms with Gasteiger partial charge in [0.15, 0.2) is 0 Å². The van der Waals surface area contributed by atoms with Crippen molar-refractivity contribution < 1.29 is 19.4 Å². The molecule has 1 aliphatic rings. The van der Waals surface area contributed by atoms with Gasteiger partial charge in [0, 0.05) is 6.04 Å². The van der Waals surface area contributed by atoms with E-state index in [1.807, 2.05) is 31.2 Å². The van der Waals surface area contributed by atoms with Crippen molar-refractivity contribution in [2.24, 2.45) is 5.92 Å². The zero-order chi connectivity index (χ0) is 15.4. The van der Waals surface area contributed by atoms with E-state index in [0.29, 0.717) is 6.42 Å². The Hall–Kier alpha value is -2.04. The van der Waals surface area contributed by atoms with E-state index in [-0.39, 0.29) is 17.9 Å². The summed E-state index contributed by atoms with van der Waals surface area (Å²) in [6, 6.07) is 7.08. The lowest BCUT2D eigenvalue weighted by Crippen LogP contribution is -2.41. The van der Waals surface area contributed by atoms with E-state index in [1.165, 1.54) is 0 Å². The number of rotatable bonds is 5. The van der Waals surface area contributed by atoms with E-state index in [0.717, 1.165) is 24.2 Å². The molecule has 1 fully saturated rings. The second kappa shape index (κ2) is 6.61. The molecule has 0 radical (unpaired) electrons. The second-order valence-electron chi connectivity index (χ2n) is 5.49. The highest BCUT2D eigenvalue weighted by Crippen LogP contribution is 2.27. The summed E-state index contributed by atoms with van der Waals surface area (Å²) < 4.78 is 5.09. The molecule has 3 atom stereocenters. The summed E-state index contributed by atoms with van der Waals surface area (Å²) >= 11 is 0. The van der Waals surface area contributed by atoms with Crippen molar-refractivity contribution in [3.05, 3.63) is 29.8 Å². The Morgan fingerprint density at radius 2 is 1.95 bits per heavy atom. The Labute approximate surface area is 124 Å². The van der Waals surface area contributed by atoms with Gasteiger partial charge in [-0.15, -0.1) is 0 Å². The lowest BCUT2D eigenvalue weighted by atomic mass is 9.98. The Morgan fingerprint density at radius 1 is 1.29 bits per heavy atom. The van der Waals surface area contributed by atoms with Crippen LogP contribution in [-0.2, 0) is 9.59 Å². The fourth-order valence-corrected chi connectivity index (χ4v) is 2.78. The standard InChI is InChI=1S/C16H21NO4/c1-10(11-6-8-12(21-2)9-7-11)15(18)17-14-5-3-4-13(14)16(19)20/h6-10,13-14H,3-5H2,1-2H3,(H,17,18)(H,19,20)/t10?,13-,14+/m0/s1. The fraction of sp³-hybridized carbons (Fsp3) is 0.500. The summed E-state index contributed by atoms with van der Waals surface area (Å²) in [6.45, 7) is 1.82. The van der Waals surface area contributed by atoms with Gasteiger partial charge in [0.05, 0.1) is 18.9 Å². The second-order valence-corrected chi connectivity index (χ2v) is 5.49. The van der Waals surface area contributed by atoms with Gasteiger partial charge in [-0.2, -0.15) is 0 Å². The van der Waals surface area contributed by atoms with Crippen LogP contribution in [0, 0.1) is 5.92 Å². The van der Waals surface area contributed by atoms with Crippen molar-refractivity contribution in [2.45, 2.75) is 38.1 Å². The average molecular weight is 291 g/mol. The van der Waals surface area contributed by atoms with Crippen LogP contribution in [0.25, 0.3) is 0 Å². The maximum absolute atomic E-state index is 12.3. The van der Waals surface area contributed by atoms with E-state index in [2.05, 4.69) is 5.32 Å². The molecule has 0 aromatic heterocycles. The zero-order valence-corrected chi connectivity index (χ0v) is 12.3. The largest absolute Gasteiger partial charge is 0.497 e.